The first-order valence-electron chi connectivity index (χ1n) is 8.18. The van der Waals surface area contributed by atoms with Crippen LogP contribution in [0.2, 0.25) is 0 Å². The van der Waals surface area contributed by atoms with Crippen LogP contribution in [0, 0.1) is 13.8 Å². The van der Waals surface area contributed by atoms with E-state index in [1.54, 1.807) is 6.08 Å². The van der Waals surface area contributed by atoms with E-state index >= 15 is 0 Å². The van der Waals surface area contributed by atoms with Crippen LogP contribution in [-0.2, 0) is 4.79 Å². The smallest absolute Gasteiger partial charge is 0.244 e. The molecule has 2 aromatic carbocycles. The van der Waals surface area contributed by atoms with Crippen molar-refractivity contribution >= 4 is 12.0 Å². The topological polar surface area (TPSA) is 56.8 Å². The van der Waals surface area contributed by atoms with E-state index in [2.05, 4.69) is 5.32 Å². The second-order valence-electron chi connectivity index (χ2n) is 5.78. The standard InChI is InChI=1S/C20H21NO4/c1-14-4-3-5-17(15(14)2)23-11-10-21-20(22)9-7-16-6-8-18-19(12-16)25-13-24-18/h3-9,12H,10-11,13H2,1-2H3,(H,21,22)/b9-7+. The van der Waals surface area contributed by atoms with Gasteiger partial charge in [0.1, 0.15) is 12.4 Å². The molecular weight excluding hydrogens is 318 g/mol. The lowest BCUT2D eigenvalue weighted by Crippen LogP contribution is -2.26. The van der Waals surface area contributed by atoms with Gasteiger partial charge < -0.3 is 19.5 Å². The van der Waals surface area contributed by atoms with Gasteiger partial charge in [-0.1, -0.05) is 18.2 Å². The maximum atomic E-state index is 11.9. The predicted molar refractivity (Wildman–Crippen MR) is 96.0 cm³/mol. The molecule has 0 saturated carbocycles. The summed E-state index contributed by atoms with van der Waals surface area (Å²) in [6.07, 6.45) is 3.23. The number of ether oxygens (including phenoxy) is 3. The Labute approximate surface area is 147 Å². The van der Waals surface area contributed by atoms with E-state index in [-0.39, 0.29) is 12.7 Å². The molecule has 3 rings (SSSR count). The molecule has 25 heavy (non-hydrogen) atoms. The summed E-state index contributed by atoms with van der Waals surface area (Å²) >= 11 is 0. The summed E-state index contributed by atoms with van der Waals surface area (Å²) in [7, 11) is 0. The molecule has 0 atom stereocenters. The highest BCUT2D eigenvalue weighted by molar-refractivity contribution is 5.91. The van der Waals surface area contributed by atoms with Gasteiger partial charge >= 0.3 is 0 Å². The van der Waals surface area contributed by atoms with Gasteiger partial charge in [0.05, 0.1) is 6.54 Å². The third-order valence-corrected chi connectivity index (χ3v) is 4.04. The van der Waals surface area contributed by atoms with Crippen LogP contribution in [0.1, 0.15) is 16.7 Å². The lowest BCUT2D eigenvalue weighted by Gasteiger charge is -2.10. The number of nitrogens with one attached hydrogen (secondary N) is 1. The Balaban J connectivity index is 1.44. The Kier molecular flexibility index (Phi) is 5.23. The molecule has 1 aliphatic heterocycles. The Morgan fingerprint density at radius 1 is 1.20 bits per heavy atom. The molecule has 5 heteroatoms. The molecule has 0 bridgehead atoms. The van der Waals surface area contributed by atoms with E-state index in [1.807, 2.05) is 50.2 Å². The van der Waals surface area contributed by atoms with Crippen molar-refractivity contribution in [3.63, 3.8) is 0 Å². The summed E-state index contributed by atoms with van der Waals surface area (Å²) in [5.41, 5.74) is 3.19. The molecule has 0 radical (unpaired) electrons. The molecule has 1 aliphatic rings. The van der Waals surface area contributed by atoms with Gasteiger partial charge in [-0.2, -0.15) is 0 Å². The minimum Gasteiger partial charge on any atom is -0.491 e. The molecule has 1 N–H and O–H groups in total. The van der Waals surface area contributed by atoms with Crippen molar-refractivity contribution in [2.75, 3.05) is 19.9 Å². The lowest BCUT2D eigenvalue weighted by atomic mass is 10.1. The molecule has 130 valence electrons. The first kappa shape index (κ1) is 16.9. The van der Waals surface area contributed by atoms with Crippen molar-refractivity contribution in [1.82, 2.24) is 5.32 Å². The SMILES string of the molecule is Cc1cccc(OCCNC(=O)/C=C/c2ccc3c(c2)OCO3)c1C. The minimum absolute atomic E-state index is 0.165. The fourth-order valence-electron chi connectivity index (χ4n) is 2.46. The minimum atomic E-state index is -0.165. The van der Waals surface area contributed by atoms with E-state index in [9.17, 15) is 4.79 Å². The number of carbonyl (C=O) groups excluding carboxylic acids is 1. The highest BCUT2D eigenvalue weighted by atomic mass is 16.7. The van der Waals surface area contributed by atoms with Gasteiger partial charge in [-0.15, -0.1) is 0 Å². The van der Waals surface area contributed by atoms with Crippen LogP contribution in [0.15, 0.2) is 42.5 Å². The molecule has 1 amide bonds. The maximum absolute atomic E-state index is 11.9. The lowest BCUT2D eigenvalue weighted by molar-refractivity contribution is -0.116. The van der Waals surface area contributed by atoms with Crippen molar-refractivity contribution < 1.29 is 19.0 Å². The first-order chi connectivity index (χ1) is 12.1. The van der Waals surface area contributed by atoms with Crippen LogP contribution in [0.25, 0.3) is 6.08 Å². The van der Waals surface area contributed by atoms with Crippen LogP contribution < -0.4 is 19.5 Å². The van der Waals surface area contributed by atoms with E-state index < -0.39 is 0 Å². The third kappa shape index (κ3) is 4.32. The molecule has 0 unspecified atom stereocenters. The van der Waals surface area contributed by atoms with Gasteiger partial charge in [-0.3, -0.25) is 4.79 Å². The molecule has 0 saturated heterocycles. The summed E-state index contributed by atoms with van der Waals surface area (Å²) in [4.78, 5) is 11.9. The van der Waals surface area contributed by atoms with Crippen molar-refractivity contribution in [2.24, 2.45) is 0 Å². The fourth-order valence-corrected chi connectivity index (χ4v) is 2.46. The first-order valence-corrected chi connectivity index (χ1v) is 8.18. The van der Waals surface area contributed by atoms with Gasteiger partial charge in [0.15, 0.2) is 11.5 Å². The zero-order valence-corrected chi connectivity index (χ0v) is 14.4. The van der Waals surface area contributed by atoms with Crippen LogP contribution in [0.3, 0.4) is 0 Å². The van der Waals surface area contributed by atoms with E-state index in [1.165, 1.54) is 11.6 Å². The normalized spacial score (nSPS) is 12.4. The predicted octanol–water partition coefficient (Wildman–Crippen LogP) is 3.24. The summed E-state index contributed by atoms with van der Waals surface area (Å²) in [6.45, 7) is 5.18. The van der Waals surface area contributed by atoms with E-state index in [0.29, 0.717) is 18.9 Å². The molecule has 0 spiro atoms. The van der Waals surface area contributed by atoms with Crippen LogP contribution in [-0.4, -0.2) is 25.9 Å². The Morgan fingerprint density at radius 3 is 2.92 bits per heavy atom. The molecule has 5 nitrogen and oxygen atoms in total. The number of aryl methyl sites for hydroxylation is 1. The fraction of sp³-hybridized carbons (Fsp3) is 0.250. The molecule has 2 aromatic rings. The Hall–Kier alpha value is -2.95. The van der Waals surface area contributed by atoms with E-state index in [4.69, 9.17) is 14.2 Å². The van der Waals surface area contributed by atoms with Gasteiger partial charge in [0.25, 0.3) is 0 Å². The van der Waals surface area contributed by atoms with Crippen molar-refractivity contribution in [2.45, 2.75) is 13.8 Å². The van der Waals surface area contributed by atoms with Crippen LogP contribution in [0.5, 0.6) is 17.2 Å². The van der Waals surface area contributed by atoms with Gasteiger partial charge in [0, 0.05) is 6.08 Å². The largest absolute Gasteiger partial charge is 0.491 e. The molecule has 0 aliphatic carbocycles. The number of hydrogen-bond donors (Lipinski definition) is 1. The maximum Gasteiger partial charge on any atom is 0.244 e. The number of carbonyl (C=O) groups is 1. The molecular formula is C20H21NO4. The summed E-state index contributed by atoms with van der Waals surface area (Å²) in [5, 5.41) is 2.80. The number of rotatable bonds is 6. The van der Waals surface area contributed by atoms with Gasteiger partial charge in [-0.25, -0.2) is 0 Å². The highest BCUT2D eigenvalue weighted by Crippen LogP contribution is 2.32. The number of benzene rings is 2. The summed E-state index contributed by atoms with van der Waals surface area (Å²) in [6, 6.07) is 11.5. The zero-order valence-electron chi connectivity index (χ0n) is 14.4. The Morgan fingerprint density at radius 2 is 2.04 bits per heavy atom. The Bertz CT molecular complexity index is 798. The zero-order chi connectivity index (χ0) is 17.6. The summed E-state index contributed by atoms with van der Waals surface area (Å²) < 4.78 is 16.3. The average Bonchev–Trinajstić information content (AvgIpc) is 3.08. The number of amides is 1. The van der Waals surface area contributed by atoms with Gasteiger partial charge in [0.2, 0.25) is 12.7 Å². The van der Waals surface area contributed by atoms with Crippen LogP contribution in [0.4, 0.5) is 0 Å². The quantitative estimate of drug-likeness (QED) is 0.648. The molecule has 0 fully saturated rings. The second-order valence-corrected chi connectivity index (χ2v) is 5.78. The highest BCUT2D eigenvalue weighted by Gasteiger charge is 2.12. The number of fused-ring (bicyclic) bond motifs is 1. The average molecular weight is 339 g/mol. The number of hydrogen-bond acceptors (Lipinski definition) is 4. The van der Waals surface area contributed by atoms with Crippen molar-refractivity contribution in [3.8, 4) is 17.2 Å². The van der Waals surface area contributed by atoms with Crippen molar-refractivity contribution in [1.29, 1.82) is 0 Å². The van der Waals surface area contributed by atoms with E-state index in [0.717, 1.165) is 22.6 Å². The monoisotopic (exact) mass is 339 g/mol. The van der Waals surface area contributed by atoms with Crippen molar-refractivity contribution in [3.05, 3.63) is 59.2 Å². The van der Waals surface area contributed by atoms with Crippen LogP contribution >= 0.6 is 0 Å². The summed E-state index contributed by atoms with van der Waals surface area (Å²) in [5.74, 6) is 2.11. The third-order valence-electron chi connectivity index (χ3n) is 4.04. The molecule has 0 aromatic heterocycles. The van der Waals surface area contributed by atoms with Gasteiger partial charge in [-0.05, 0) is 54.8 Å². The molecule has 1 heterocycles. The second kappa shape index (κ2) is 7.75.